The van der Waals surface area contributed by atoms with Crippen molar-refractivity contribution in [3.63, 3.8) is 0 Å². The summed E-state index contributed by atoms with van der Waals surface area (Å²) in [6, 6.07) is 6.80. The van der Waals surface area contributed by atoms with Gasteiger partial charge in [-0.05, 0) is 44.0 Å². The van der Waals surface area contributed by atoms with E-state index in [4.69, 9.17) is 5.73 Å². The highest BCUT2D eigenvalue weighted by atomic mass is 32.2. The first kappa shape index (κ1) is 20.1. The molecule has 2 amide bonds. The molecule has 8 nitrogen and oxygen atoms in total. The molecule has 1 aliphatic rings. The molecule has 0 radical (unpaired) electrons. The molecular formula is C19H23N5O3S. The number of ketones is 1. The monoisotopic (exact) mass is 401 g/mol. The van der Waals surface area contributed by atoms with Crippen molar-refractivity contribution >= 4 is 35.0 Å². The van der Waals surface area contributed by atoms with Crippen molar-refractivity contribution in [3.8, 4) is 0 Å². The third-order valence-corrected chi connectivity index (χ3v) is 5.37. The number of amides is 2. The zero-order valence-electron chi connectivity index (χ0n) is 15.7. The van der Waals surface area contributed by atoms with Gasteiger partial charge in [-0.25, -0.2) is 0 Å². The van der Waals surface area contributed by atoms with E-state index in [1.165, 1.54) is 18.7 Å². The number of anilines is 1. The van der Waals surface area contributed by atoms with E-state index in [0.29, 0.717) is 41.0 Å². The molecule has 1 aliphatic carbocycles. The maximum Gasteiger partial charge on any atom is 0.225 e. The molecule has 0 unspecified atom stereocenters. The van der Waals surface area contributed by atoms with Crippen molar-refractivity contribution in [3.05, 3.63) is 35.7 Å². The van der Waals surface area contributed by atoms with Crippen LogP contribution in [-0.2, 0) is 16.1 Å². The summed E-state index contributed by atoms with van der Waals surface area (Å²) in [5.74, 6) is 1.36. The topological polar surface area (TPSA) is 120 Å². The minimum absolute atomic E-state index is 0.0136. The van der Waals surface area contributed by atoms with E-state index < -0.39 is 0 Å². The molecule has 0 spiro atoms. The second-order valence-corrected chi connectivity index (χ2v) is 7.83. The van der Waals surface area contributed by atoms with E-state index in [0.717, 1.165) is 18.7 Å². The quantitative estimate of drug-likeness (QED) is 0.466. The van der Waals surface area contributed by atoms with Crippen LogP contribution in [0.5, 0.6) is 0 Å². The number of nitrogens with two attached hydrogens (primary N) is 1. The molecule has 1 aromatic carbocycles. The Kier molecular flexibility index (Phi) is 6.45. The predicted octanol–water partition coefficient (Wildman–Crippen LogP) is 2.35. The number of nitrogens with zero attached hydrogens (tertiary/aromatic N) is 3. The lowest BCUT2D eigenvalue weighted by Gasteiger charge is -2.09. The molecule has 1 fully saturated rings. The Morgan fingerprint density at radius 1 is 1.18 bits per heavy atom. The summed E-state index contributed by atoms with van der Waals surface area (Å²) in [6.45, 7) is 1.97. The van der Waals surface area contributed by atoms with E-state index in [2.05, 4.69) is 15.5 Å². The van der Waals surface area contributed by atoms with E-state index in [9.17, 15) is 14.4 Å². The Morgan fingerprint density at radius 2 is 1.89 bits per heavy atom. The lowest BCUT2D eigenvalue weighted by molar-refractivity contribution is -0.118. The fourth-order valence-corrected chi connectivity index (χ4v) is 3.64. The first-order valence-electron chi connectivity index (χ1n) is 9.19. The number of nitrogens with one attached hydrogen (secondary N) is 1. The molecule has 0 saturated heterocycles. The van der Waals surface area contributed by atoms with Gasteiger partial charge in [0.25, 0.3) is 0 Å². The molecule has 1 saturated carbocycles. The second-order valence-electron chi connectivity index (χ2n) is 6.76. The Labute approximate surface area is 167 Å². The zero-order chi connectivity index (χ0) is 20.1. The molecule has 1 heterocycles. The number of carbonyl (C=O) groups excluding carboxylic acids is 3. The molecule has 28 heavy (non-hydrogen) atoms. The van der Waals surface area contributed by atoms with Crippen molar-refractivity contribution < 1.29 is 14.4 Å². The minimum Gasteiger partial charge on any atom is -0.370 e. The van der Waals surface area contributed by atoms with Crippen LogP contribution in [0.25, 0.3) is 0 Å². The van der Waals surface area contributed by atoms with Gasteiger partial charge in [0.15, 0.2) is 10.9 Å². The average molecular weight is 401 g/mol. The number of aromatic nitrogens is 3. The molecule has 9 heteroatoms. The average Bonchev–Trinajstić information content (AvgIpc) is 3.41. The van der Waals surface area contributed by atoms with E-state index in [-0.39, 0.29) is 24.0 Å². The number of benzene rings is 1. The Morgan fingerprint density at radius 3 is 2.50 bits per heavy atom. The van der Waals surface area contributed by atoms with Crippen molar-refractivity contribution in [2.45, 2.75) is 50.2 Å². The number of thioether (sulfide) groups is 1. The van der Waals surface area contributed by atoms with Gasteiger partial charge in [0.2, 0.25) is 11.8 Å². The van der Waals surface area contributed by atoms with Crippen LogP contribution in [0.3, 0.4) is 0 Å². The van der Waals surface area contributed by atoms with Gasteiger partial charge in [-0.15, -0.1) is 10.2 Å². The first-order chi connectivity index (χ1) is 13.4. The molecule has 1 aromatic heterocycles. The van der Waals surface area contributed by atoms with Crippen molar-refractivity contribution in [2.75, 3.05) is 11.1 Å². The zero-order valence-corrected chi connectivity index (χ0v) is 16.5. The molecule has 2 aromatic rings. The van der Waals surface area contributed by atoms with Gasteiger partial charge >= 0.3 is 0 Å². The van der Waals surface area contributed by atoms with E-state index in [1.54, 1.807) is 24.3 Å². The summed E-state index contributed by atoms with van der Waals surface area (Å²) >= 11 is 1.44. The fourth-order valence-electron chi connectivity index (χ4n) is 2.73. The smallest absolute Gasteiger partial charge is 0.225 e. The summed E-state index contributed by atoms with van der Waals surface area (Å²) in [6.07, 6.45) is 2.72. The molecule has 3 N–H and O–H groups in total. The molecule has 0 atom stereocenters. The van der Waals surface area contributed by atoms with Gasteiger partial charge in [0, 0.05) is 42.3 Å². The summed E-state index contributed by atoms with van der Waals surface area (Å²) in [5, 5.41) is 12.0. The standard InChI is InChI=1S/C19H23N5O3S/c1-12(25)13-4-6-15(7-5-13)21-17(27)9-11-28-19-23-22-18(14-2-3-14)24(19)10-8-16(20)26/h4-7,14H,2-3,8-11H2,1H3,(H2,20,26)(H,21,27). The van der Waals surface area contributed by atoms with Crippen LogP contribution in [0, 0.1) is 0 Å². The van der Waals surface area contributed by atoms with E-state index in [1.807, 2.05) is 4.57 Å². The molecule has 148 valence electrons. The molecule has 0 bridgehead atoms. The van der Waals surface area contributed by atoms with Gasteiger partial charge in [-0.3, -0.25) is 14.4 Å². The van der Waals surface area contributed by atoms with Gasteiger partial charge < -0.3 is 15.6 Å². The third kappa shape index (κ3) is 5.41. The fraction of sp³-hybridized carbons (Fsp3) is 0.421. The van der Waals surface area contributed by atoms with Crippen LogP contribution in [0.15, 0.2) is 29.4 Å². The van der Waals surface area contributed by atoms with Crippen LogP contribution >= 0.6 is 11.8 Å². The Bertz CT molecular complexity index is 874. The van der Waals surface area contributed by atoms with Gasteiger partial charge in [-0.2, -0.15) is 0 Å². The number of hydrogen-bond acceptors (Lipinski definition) is 6. The summed E-state index contributed by atoms with van der Waals surface area (Å²) in [5.41, 5.74) is 6.53. The lowest BCUT2D eigenvalue weighted by Crippen LogP contribution is -2.16. The SMILES string of the molecule is CC(=O)c1ccc(NC(=O)CCSc2nnc(C3CC3)n2CCC(N)=O)cc1. The van der Waals surface area contributed by atoms with Gasteiger partial charge in [0.1, 0.15) is 5.82 Å². The predicted molar refractivity (Wildman–Crippen MR) is 106 cm³/mol. The van der Waals surface area contributed by atoms with Crippen LogP contribution in [0.1, 0.15) is 54.7 Å². The Hall–Kier alpha value is -2.68. The second kappa shape index (κ2) is 9.01. The van der Waals surface area contributed by atoms with Crippen molar-refractivity contribution in [2.24, 2.45) is 5.73 Å². The van der Waals surface area contributed by atoms with Gasteiger partial charge in [-0.1, -0.05) is 11.8 Å². The van der Waals surface area contributed by atoms with Crippen molar-refractivity contribution in [1.82, 2.24) is 14.8 Å². The maximum atomic E-state index is 12.1. The molecule has 0 aliphatic heterocycles. The summed E-state index contributed by atoms with van der Waals surface area (Å²) < 4.78 is 1.95. The number of Topliss-reactive ketones (excluding diaryl/α,β-unsaturated/α-hetero) is 1. The van der Waals surface area contributed by atoms with Crippen LogP contribution in [0.4, 0.5) is 5.69 Å². The Balaban J connectivity index is 1.52. The highest BCUT2D eigenvalue weighted by Gasteiger charge is 2.30. The maximum absolute atomic E-state index is 12.1. The summed E-state index contributed by atoms with van der Waals surface area (Å²) in [4.78, 5) is 34.6. The van der Waals surface area contributed by atoms with Crippen LogP contribution < -0.4 is 11.1 Å². The molecule has 3 rings (SSSR count). The highest BCUT2D eigenvalue weighted by Crippen LogP contribution is 2.40. The number of rotatable bonds is 10. The first-order valence-corrected chi connectivity index (χ1v) is 10.2. The minimum atomic E-state index is -0.360. The number of primary amides is 1. The largest absolute Gasteiger partial charge is 0.370 e. The summed E-state index contributed by atoms with van der Waals surface area (Å²) in [7, 11) is 0. The van der Waals surface area contributed by atoms with Crippen LogP contribution in [0.2, 0.25) is 0 Å². The highest BCUT2D eigenvalue weighted by molar-refractivity contribution is 7.99. The van der Waals surface area contributed by atoms with Gasteiger partial charge in [0.05, 0.1) is 0 Å². The number of hydrogen-bond donors (Lipinski definition) is 2. The third-order valence-electron chi connectivity index (χ3n) is 4.41. The van der Waals surface area contributed by atoms with E-state index >= 15 is 0 Å². The van der Waals surface area contributed by atoms with Crippen LogP contribution in [-0.4, -0.2) is 38.1 Å². The lowest BCUT2D eigenvalue weighted by atomic mass is 10.1. The number of carbonyl (C=O) groups is 3. The molecular weight excluding hydrogens is 378 g/mol. The van der Waals surface area contributed by atoms with Crippen molar-refractivity contribution in [1.29, 1.82) is 0 Å². The normalized spacial score (nSPS) is 13.3.